The molecule has 1 aromatic carbocycles. The first-order valence-electron chi connectivity index (χ1n) is 9.21. The highest BCUT2D eigenvalue weighted by Gasteiger charge is 2.31. The third-order valence-electron chi connectivity index (χ3n) is 5.41. The Morgan fingerprint density at radius 2 is 2.16 bits per heavy atom. The molecule has 3 heterocycles. The third kappa shape index (κ3) is 3.58. The van der Waals surface area contributed by atoms with Gasteiger partial charge in [0.05, 0.1) is 0 Å². The summed E-state index contributed by atoms with van der Waals surface area (Å²) in [5.41, 5.74) is 2.59. The summed E-state index contributed by atoms with van der Waals surface area (Å²) >= 11 is 0. The molecular formula is C20H27N3O2. The molecule has 0 amide bonds. The Bertz CT molecular complexity index is 719. The molecule has 0 saturated carbocycles. The maximum absolute atomic E-state index is 10.4. The van der Waals surface area contributed by atoms with Gasteiger partial charge in [-0.2, -0.15) is 0 Å². The molecule has 0 bridgehead atoms. The molecule has 5 heteroatoms. The van der Waals surface area contributed by atoms with Crippen LogP contribution in [0.5, 0.6) is 5.75 Å². The van der Waals surface area contributed by atoms with Gasteiger partial charge in [0.25, 0.3) is 0 Å². The predicted octanol–water partition coefficient (Wildman–Crippen LogP) is 3.07. The number of nitrogens with zero attached hydrogens (tertiary/aromatic N) is 2. The lowest BCUT2D eigenvalue weighted by atomic mass is 9.90. The molecular weight excluding hydrogens is 314 g/mol. The van der Waals surface area contributed by atoms with Crippen molar-refractivity contribution in [2.45, 2.75) is 51.4 Å². The summed E-state index contributed by atoms with van der Waals surface area (Å²) in [5.74, 6) is 2.02. The maximum Gasteiger partial charge on any atom is 0.135 e. The number of piperidine rings is 1. The molecule has 0 radical (unpaired) electrons. The molecule has 5 nitrogen and oxygen atoms in total. The highest BCUT2D eigenvalue weighted by atomic mass is 16.5. The van der Waals surface area contributed by atoms with E-state index in [0.29, 0.717) is 5.82 Å². The Hall–Kier alpha value is -1.85. The number of aromatic nitrogens is 2. The van der Waals surface area contributed by atoms with Gasteiger partial charge in [0.1, 0.15) is 23.3 Å². The van der Waals surface area contributed by atoms with E-state index < -0.39 is 6.10 Å². The zero-order valence-corrected chi connectivity index (χ0v) is 15.0. The van der Waals surface area contributed by atoms with E-state index >= 15 is 0 Å². The van der Waals surface area contributed by atoms with E-state index in [9.17, 15) is 5.11 Å². The largest absolute Gasteiger partial charge is 0.487 e. The first-order valence-corrected chi connectivity index (χ1v) is 9.21. The van der Waals surface area contributed by atoms with Crippen LogP contribution in [0.2, 0.25) is 0 Å². The van der Waals surface area contributed by atoms with E-state index in [4.69, 9.17) is 4.74 Å². The second kappa shape index (κ2) is 6.46. The molecule has 1 atom stereocenters. The highest BCUT2D eigenvalue weighted by Crippen LogP contribution is 2.36. The Kier molecular flexibility index (Phi) is 4.29. The Morgan fingerprint density at radius 3 is 2.88 bits per heavy atom. The number of H-pyrrole nitrogens is 1. The number of fused-ring (bicyclic) bond motifs is 1. The molecule has 2 aliphatic rings. The first-order chi connectivity index (χ1) is 12.0. The van der Waals surface area contributed by atoms with Gasteiger partial charge in [0, 0.05) is 25.4 Å². The maximum atomic E-state index is 10.4. The summed E-state index contributed by atoms with van der Waals surface area (Å²) < 4.78 is 5.96. The molecule has 4 rings (SSSR count). The van der Waals surface area contributed by atoms with E-state index in [-0.39, 0.29) is 11.5 Å². The van der Waals surface area contributed by atoms with Crippen LogP contribution in [-0.2, 0) is 13.0 Å². The van der Waals surface area contributed by atoms with Crippen LogP contribution < -0.4 is 4.74 Å². The van der Waals surface area contributed by atoms with Gasteiger partial charge >= 0.3 is 0 Å². The van der Waals surface area contributed by atoms with Gasteiger partial charge in [-0.15, -0.1) is 0 Å². The lowest BCUT2D eigenvalue weighted by Gasteiger charge is -2.33. The minimum atomic E-state index is -0.475. The second-order valence-corrected chi connectivity index (χ2v) is 8.01. The van der Waals surface area contributed by atoms with Gasteiger partial charge in [-0.25, -0.2) is 4.98 Å². The molecule has 1 fully saturated rings. The molecule has 2 N–H and O–H groups in total. The fourth-order valence-electron chi connectivity index (χ4n) is 4.11. The van der Waals surface area contributed by atoms with Crippen LogP contribution in [0.4, 0.5) is 0 Å². The molecule has 0 spiro atoms. The lowest BCUT2D eigenvalue weighted by Crippen LogP contribution is -2.35. The van der Waals surface area contributed by atoms with Crippen molar-refractivity contribution in [1.29, 1.82) is 0 Å². The number of aromatic amines is 1. The molecule has 1 saturated heterocycles. The topological polar surface area (TPSA) is 61.4 Å². The van der Waals surface area contributed by atoms with Crippen molar-refractivity contribution in [2.24, 2.45) is 5.92 Å². The molecule has 0 unspecified atom stereocenters. The van der Waals surface area contributed by atoms with Crippen LogP contribution in [0, 0.1) is 5.92 Å². The molecule has 2 aromatic rings. The van der Waals surface area contributed by atoms with Crippen molar-refractivity contribution in [3.63, 3.8) is 0 Å². The van der Waals surface area contributed by atoms with Crippen LogP contribution in [-0.4, -0.2) is 38.7 Å². The van der Waals surface area contributed by atoms with E-state index in [2.05, 4.69) is 46.9 Å². The minimum Gasteiger partial charge on any atom is -0.487 e. The van der Waals surface area contributed by atoms with Gasteiger partial charge in [0.2, 0.25) is 0 Å². The predicted molar refractivity (Wildman–Crippen MR) is 96.4 cm³/mol. The number of nitrogens with one attached hydrogen (secondary N) is 1. The summed E-state index contributed by atoms with van der Waals surface area (Å²) in [4.78, 5) is 9.70. The Morgan fingerprint density at radius 1 is 1.36 bits per heavy atom. The molecule has 25 heavy (non-hydrogen) atoms. The van der Waals surface area contributed by atoms with E-state index in [1.165, 1.54) is 11.1 Å². The van der Waals surface area contributed by atoms with E-state index in [1.807, 2.05) is 0 Å². The van der Waals surface area contributed by atoms with Crippen molar-refractivity contribution >= 4 is 0 Å². The zero-order valence-electron chi connectivity index (χ0n) is 15.0. The SMILES string of the molecule is CC1(C)Cc2cc(CN3CCC([C@@H](O)c4ncc[nH]4)CC3)ccc2O1. The van der Waals surface area contributed by atoms with Crippen molar-refractivity contribution in [2.75, 3.05) is 13.1 Å². The molecule has 2 aliphatic heterocycles. The average Bonchev–Trinajstić information content (AvgIpc) is 3.21. The third-order valence-corrected chi connectivity index (χ3v) is 5.41. The van der Waals surface area contributed by atoms with Gasteiger partial charge in [-0.3, -0.25) is 4.90 Å². The smallest absolute Gasteiger partial charge is 0.135 e. The normalized spacial score (nSPS) is 21.7. The van der Waals surface area contributed by atoms with Crippen molar-refractivity contribution in [1.82, 2.24) is 14.9 Å². The fourth-order valence-corrected chi connectivity index (χ4v) is 4.11. The molecule has 1 aromatic heterocycles. The Labute approximate surface area is 149 Å². The Balaban J connectivity index is 1.34. The fraction of sp³-hybridized carbons (Fsp3) is 0.550. The minimum absolute atomic E-state index is 0.0821. The average molecular weight is 341 g/mol. The number of imidazole rings is 1. The number of hydrogen-bond donors (Lipinski definition) is 2. The summed E-state index contributed by atoms with van der Waals surface area (Å²) in [6.45, 7) is 7.28. The summed E-state index contributed by atoms with van der Waals surface area (Å²) in [7, 11) is 0. The van der Waals surface area contributed by atoms with Crippen molar-refractivity contribution in [3.05, 3.63) is 47.5 Å². The van der Waals surface area contributed by atoms with Crippen molar-refractivity contribution < 1.29 is 9.84 Å². The number of ether oxygens (including phenoxy) is 1. The first kappa shape index (κ1) is 16.6. The number of likely N-dealkylation sites (tertiary alicyclic amines) is 1. The van der Waals surface area contributed by atoms with Crippen LogP contribution in [0.15, 0.2) is 30.6 Å². The monoisotopic (exact) mass is 341 g/mol. The van der Waals surface area contributed by atoms with Gasteiger partial charge in [-0.1, -0.05) is 12.1 Å². The van der Waals surface area contributed by atoms with Gasteiger partial charge < -0.3 is 14.8 Å². The quantitative estimate of drug-likeness (QED) is 0.897. The van der Waals surface area contributed by atoms with E-state index in [1.54, 1.807) is 12.4 Å². The van der Waals surface area contributed by atoms with Crippen LogP contribution >= 0.6 is 0 Å². The zero-order chi connectivity index (χ0) is 17.4. The number of benzene rings is 1. The lowest BCUT2D eigenvalue weighted by molar-refractivity contribution is 0.0515. The van der Waals surface area contributed by atoms with Crippen LogP contribution in [0.3, 0.4) is 0 Å². The van der Waals surface area contributed by atoms with Crippen LogP contribution in [0.25, 0.3) is 0 Å². The summed E-state index contributed by atoms with van der Waals surface area (Å²) in [6, 6.07) is 6.60. The van der Waals surface area contributed by atoms with Gasteiger partial charge in [-0.05, 0) is 62.9 Å². The van der Waals surface area contributed by atoms with E-state index in [0.717, 1.165) is 44.6 Å². The number of aliphatic hydroxyl groups excluding tert-OH is 1. The number of hydrogen-bond acceptors (Lipinski definition) is 4. The van der Waals surface area contributed by atoms with Crippen LogP contribution in [0.1, 0.15) is 49.7 Å². The van der Waals surface area contributed by atoms with Gasteiger partial charge in [0.15, 0.2) is 0 Å². The second-order valence-electron chi connectivity index (χ2n) is 8.01. The summed E-state index contributed by atoms with van der Waals surface area (Å²) in [5, 5.41) is 10.4. The van der Waals surface area contributed by atoms with Crippen molar-refractivity contribution in [3.8, 4) is 5.75 Å². The highest BCUT2D eigenvalue weighted by molar-refractivity contribution is 5.41. The number of rotatable bonds is 4. The standard InChI is InChI=1S/C20H27N3O2/c1-20(2)12-16-11-14(3-4-17(16)25-20)13-23-9-5-15(6-10-23)18(24)19-21-7-8-22-19/h3-4,7-8,11,15,18,24H,5-6,9-10,12-13H2,1-2H3,(H,21,22)/t18-/m1/s1. The molecule has 0 aliphatic carbocycles. The number of aliphatic hydroxyl groups is 1. The molecule has 134 valence electrons. The summed E-state index contributed by atoms with van der Waals surface area (Å²) in [6.07, 6.45) is 5.98.